The highest BCUT2D eigenvalue weighted by Crippen LogP contribution is 2.39. The molecular weight excluding hydrogens is 381 g/mol. The minimum Gasteiger partial charge on any atom is -0.488 e. The van der Waals surface area contributed by atoms with E-state index in [4.69, 9.17) is 10.00 Å². The number of hydrogen-bond acceptors (Lipinski definition) is 5. The number of nitrogens with zero attached hydrogens (tertiary/aromatic N) is 3. The van der Waals surface area contributed by atoms with Crippen molar-refractivity contribution in [1.29, 1.82) is 5.26 Å². The number of nitrogens with one attached hydrogen (secondary N) is 1. The Balaban J connectivity index is 1.90. The lowest BCUT2D eigenvalue weighted by molar-refractivity contribution is -0.137. The van der Waals surface area contributed by atoms with Crippen molar-refractivity contribution in [2.24, 2.45) is 0 Å². The Kier molecular flexibility index (Phi) is 6.60. The van der Waals surface area contributed by atoms with Crippen molar-refractivity contribution in [3.8, 4) is 11.8 Å². The average Bonchev–Trinajstić information content (AvgIpc) is 2.72. The number of rotatable bonds is 6. The summed E-state index contributed by atoms with van der Waals surface area (Å²) < 4.78 is 46.5. The molecule has 2 heterocycles. The van der Waals surface area contributed by atoms with Crippen molar-refractivity contribution < 1.29 is 17.9 Å². The number of ether oxygens (including phenoxy) is 1. The number of nitriles is 1. The van der Waals surface area contributed by atoms with Crippen LogP contribution in [0.5, 0.6) is 5.75 Å². The second-order valence-electron chi connectivity index (χ2n) is 7.07. The van der Waals surface area contributed by atoms with Gasteiger partial charge in [-0.15, -0.1) is 0 Å². The molecule has 154 valence electrons. The van der Waals surface area contributed by atoms with Gasteiger partial charge in [-0.1, -0.05) is 6.42 Å². The van der Waals surface area contributed by atoms with Crippen molar-refractivity contribution in [2.45, 2.75) is 38.6 Å². The van der Waals surface area contributed by atoms with E-state index in [1.165, 1.54) is 25.4 Å². The van der Waals surface area contributed by atoms with Gasteiger partial charge in [0, 0.05) is 48.9 Å². The maximum atomic E-state index is 13.5. The first-order valence-corrected chi connectivity index (χ1v) is 9.51. The topological polar surface area (TPSA) is 61.2 Å². The Morgan fingerprint density at radius 3 is 2.59 bits per heavy atom. The van der Waals surface area contributed by atoms with E-state index in [0.717, 1.165) is 32.4 Å². The smallest absolute Gasteiger partial charge is 0.418 e. The van der Waals surface area contributed by atoms with Crippen molar-refractivity contribution in [3.63, 3.8) is 0 Å². The third-order valence-corrected chi connectivity index (χ3v) is 4.94. The molecule has 1 aliphatic heterocycles. The summed E-state index contributed by atoms with van der Waals surface area (Å²) >= 11 is 0. The molecule has 0 atom stereocenters. The first-order chi connectivity index (χ1) is 13.9. The van der Waals surface area contributed by atoms with Gasteiger partial charge in [-0.25, -0.2) is 0 Å². The van der Waals surface area contributed by atoms with Crippen LogP contribution in [0.3, 0.4) is 0 Å². The van der Waals surface area contributed by atoms with Gasteiger partial charge in [0.15, 0.2) is 0 Å². The van der Waals surface area contributed by atoms with E-state index in [0.29, 0.717) is 29.0 Å². The number of likely N-dealkylation sites (tertiary alicyclic amines) is 1. The molecule has 0 aliphatic carbocycles. The van der Waals surface area contributed by atoms with Crippen molar-refractivity contribution >= 4 is 5.69 Å². The van der Waals surface area contributed by atoms with Gasteiger partial charge in [-0.05, 0) is 38.1 Å². The number of anilines is 1. The maximum Gasteiger partial charge on any atom is 0.418 e. The van der Waals surface area contributed by atoms with Gasteiger partial charge in [-0.3, -0.25) is 9.88 Å². The van der Waals surface area contributed by atoms with Gasteiger partial charge < -0.3 is 10.1 Å². The van der Waals surface area contributed by atoms with Gasteiger partial charge in [0.1, 0.15) is 18.4 Å². The first kappa shape index (κ1) is 20.9. The number of hydrogen-bond donors (Lipinski definition) is 1. The fourth-order valence-corrected chi connectivity index (χ4v) is 3.47. The molecule has 5 nitrogen and oxygen atoms in total. The highest BCUT2D eigenvalue weighted by molar-refractivity contribution is 5.59. The van der Waals surface area contributed by atoms with E-state index in [-0.39, 0.29) is 12.3 Å². The Morgan fingerprint density at radius 2 is 1.93 bits per heavy atom. The summed E-state index contributed by atoms with van der Waals surface area (Å²) in [6, 6.07) is 6.25. The van der Waals surface area contributed by atoms with E-state index in [1.807, 2.05) is 6.07 Å². The van der Waals surface area contributed by atoms with Crippen LogP contribution in [0.15, 0.2) is 30.6 Å². The van der Waals surface area contributed by atoms with Crippen LogP contribution in [0.25, 0.3) is 0 Å². The lowest BCUT2D eigenvalue weighted by Crippen LogP contribution is -2.29. The molecule has 2 aromatic rings. The van der Waals surface area contributed by atoms with Crippen LogP contribution in [-0.2, 0) is 19.3 Å². The van der Waals surface area contributed by atoms with Crippen molar-refractivity contribution in [2.75, 3.05) is 25.5 Å². The molecule has 1 aliphatic rings. The van der Waals surface area contributed by atoms with Gasteiger partial charge in [0.25, 0.3) is 0 Å². The van der Waals surface area contributed by atoms with Crippen LogP contribution in [0.1, 0.15) is 41.5 Å². The lowest BCUT2D eigenvalue weighted by atomic mass is 10.0. The molecule has 3 rings (SSSR count). The van der Waals surface area contributed by atoms with Gasteiger partial charge >= 0.3 is 6.18 Å². The highest BCUT2D eigenvalue weighted by atomic mass is 19.4. The van der Waals surface area contributed by atoms with E-state index >= 15 is 0 Å². The summed E-state index contributed by atoms with van der Waals surface area (Å²) in [4.78, 5) is 6.15. The summed E-state index contributed by atoms with van der Waals surface area (Å²) in [7, 11) is 1.46. The third-order valence-electron chi connectivity index (χ3n) is 4.94. The Hall–Kier alpha value is -2.79. The number of aromatic nitrogens is 1. The molecule has 29 heavy (non-hydrogen) atoms. The molecular formula is C21H23F3N4O. The largest absolute Gasteiger partial charge is 0.488 e. The summed E-state index contributed by atoms with van der Waals surface area (Å²) in [5.74, 6) is 0.398. The Bertz CT molecular complexity index is 886. The molecule has 0 unspecified atom stereocenters. The monoisotopic (exact) mass is 404 g/mol. The van der Waals surface area contributed by atoms with Gasteiger partial charge in [0.05, 0.1) is 11.1 Å². The number of benzene rings is 1. The first-order valence-electron chi connectivity index (χ1n) is 9.51. The van der Waals surface area contributed by atoms with Crippen molar-refractivity contribution in [3.05, 3.63) is 52.8 Å². The van der Waals surface area contributed by atoms with Crippen LogP contribution in [0, 0.1) is 11.3 Å². The molecule has 0 radical (unpaired) electrons. The standard InChI is InChI=1S/C21H23F3N4O/c1-26-19-9-20(29-14-16-7-15(10-25)11-27-12-16)17(8-18(19)21(22,23)24)13-28-5-3-2-4-6-28/h7-9,11-12,26H,2-6,13-14H2,1H3. The molecule has 1 saturated heterocycles. The number of halogens is 3. The molecule has 0 amide bonds. The lowest BCUT2D eigenvalue weighted by Gasteiger charge is -2.28. The van der Waals surface area contributed by atoms with E-state index in [1.54, 1.807) is 12.3 Å². The minimum atomic E-state index is -4.46. The van der Waals surface area contributed by atoms with Crippen LogP contribution < -0.4 is 10.1 Å². The Labute approximate surface area is 168 Å². The van der Waals surface area contributed by atoms with Crippen molar-refractivity contribution in [1.82, 2.24) is 9.88 Å². The highest BCUT2D eigenvalue weighted by Gasteiger charge is 2.34. The summed E-state index contributed by atoms with van der Waals surface area (Å²) in [6.07, 6.45) is 1.80. The minimum absolute atomic E-state index is 0.0289. The average molecular weight is 404 g/mol. The normalized spacial score (nSPS) is 15.0. The van der Waals surface area contributed by atoms with Gasteiger partial charge in [0.2, 0.25) is 0 Å². The second-order valence-corrected chi connectivity index (χ2v) is 7.07. The zero-order valence-electron chi connectivity index (χ0n) is 16.2. The zero-order chi connectivity index (χ0) is 20.9. The molecule has 1 aromatic carbocycles. The van der Waals surface area contributed by atoms with Crippen LogP contribution in [0.2, 0.25) is 0 Å². The number of pyridine rings is 1. The fourth-order valence-electron chi connectivity index (χ4n) is 3.47. The predicted molar refractivity (Wildman–Crippen MR) is 103 cm³/mol. The second kappa shape index (κ2) is 9.14. The third kappa shape index (κ3) is 5.39. The molecule has 1 fully saturated rings. The fraction of sp³-hybridized carbons (Fsp3) is 0.429. The SMILES string of the molecule is CNc1cc(OCc2cncc(C#N)c2)c(CN2CCCCC2)cc1C(F)(F)F. The van der Waals surface area contributed by atoms with E-state index in [2.05, 4.69) is 15.2 Å². The molecule has 0 spiro atoms. The summed E-state index contributed by atoms with van der Waals surface area (Å²) in [5, 5.41) is 11.6. The Morgan fingerprint density at radius 1 is 1.17 bits per heavy atom. The van der Waals surface area contributed by atoms with Gasteiger partial charge in [-0.2, -0.15) is 18.4 Å². The van der Waals surface area contributed by atoms with Crippen LogP contribution in [-0.4, -0.2) is 30.0 Å². The number of alkyl halides is 3. The van der Waals surface area contributed by atoms with Crippen LogP contribution in [0.4, 0.5) is 18.9 Å². The zero-order valence-corrected chi connectivity index (χ0v) is 16.2. The number of piperidine rings is 1. The van der Waals surface area contributed by atoms with E-state index < -0.39 is 11.7 Å². The molecule has 1 N–H and O–H groups in total. The molecule has 0 bridgehead atoms. The molecule has 1 aromatic heterocycles. The van der Waals surface area contributed by atoms with E-state index in [9.17, 15) is 13.2 Å². The predicted octanol–water partition coefficient (Wildman–Crippen LogP) is 4.58. The van der Waals surface area contributed by atoms with Crippen LogP contribution >= 0.6 is 0 Å². The maximum absolute atomic E-state index is 13.5. The summed E-state index contributed by atoms with van der Waals surface area (Å²) in [6.45, 7) is 2.24. The molecule has 8 heteroatoms. The molecule has 0 saturated carbocycles. The quantitative estimate of drug-likeness (QED) is 0.764. The summed E-state index contributed by atoms with van der Waals surface area (Å²) in [5.41, 5.74) is 0.857.